The second-order valence-corrected chi connectivity index (χ2v) is 21.9. The molecule has 6 aromatic rings. The predicted octanol–water partition coefficient (Wildman–Crippen LogP) is 11.4. The Kier molecular flexibility index (Phi) is 19.1. The SMILES string of the molecule is CC(C)(C)OC(=O)N1[C@@H]2CO[C@@H]3[C@H](OCc4ccccc4)[C@@H](OCc4ccccc4)[C@H](OCc4ccccc4)[C@@H](CO[C@@H]1[C@H](OCc1ccccc1)[C@@H](OCc1ccccc1)[C@@H]2OCc1ccccc1)N3C(=O)OC(C)(C)C. The number of fused-ring (bicyclic) bond motifs is 4. The maximum atomic E-state index is 15.4. The van der Waals surface area contributed by atoms with Crippen LogP contribution in [0.2, 0.25) is 0 Å². The van der Waals surface area contributed by atoms with E-state index in [1.54, 1.807) is 9.80 Å². The number of hydrogen-bond acceptors (Lipinski definition) is 12. The summed E-state index contributed by atoms with van der Waals surface area (Å²) in [5, 5.41) is 0. The first kappa shape index (κ1) is 56.3. The van der Waals surface area contributed by atoms with Crippen molar-refractivity contribution in [2.75, 3.05) is 13.2 Å². The summed E-state index contributed by atoms with van der Waals surface area (Å²) in [7, 11) is 0. The van der Waals surface area contributed by atoms with Gasteiger partial charge < -0.3 is 47.4 Å². The lowest BCUT2D eigenvalue weighted by Gasteiger charge is -2.56. The van der Waals surface area contributed by atoms with E-state index in [0.717, 1.165) is 33.4 Å². The van der Waals surface area contributed by atoms with Crippen LogP contribution in [-0.2, 0) is 87.0 Å². The lowest BCUT2D eigenvalue weighted by Crippen LogP contribution is -2.75. The third-order valence-corrected chi connectivity index (χ3v) is 13.7. The van der Waals surface area contributed by atoms with E-state index in [4.69, 9.17) is 47.4 Å². The molecule has 0 unspecified atom stereocenters. The summed E-state index contributed by atoms with van der Waals surface area (Å²) in [6, 6.07) is 57.0. The van der Waals surface area contributed by atoms with Gasteiger partial charge in [-0.1, -0.05) is 182 Å². The van der Waals surface area contributed by atoms with Crippen molar-refractivity contribution in [3.05, 3.63) is 215 Å². The standard InChI is InChI=1S/C64H74N2O12/c1-63(2,3)77-61(67)65-51-43-76-60-58(74-42-50-35-23-12-24-36-50)56(72-40-48-31-19-10-20-32-48)54(70-38-46-27-15-8-16-28-46)52(66(60)62(68)78-64(4,5)6)44-75-59(65)57(73-41-49-33-21-11-22-34-49)55(71-39-47-29-17-9-18-30-47)53(51)69-37-45-25-13-7-14-26-45/h7-36,51-60H,37-44H2,1-6H3/t51-,52-,53-,54-,55+,56+,57-,58-,59-,60-/m1/s1. The molecule has 6 aromatic carbocycles. The van der Waals surface area contributed by atoms with E-state index in [2.05, 4.69) is 0 Å². The van der Waals surface area contributed by atoms with Crippen molar-refractivity contribution in [2.45, 2.75) is 154 Å². The molecular formula is C64H74N2O12. The van der Waals surface area contributed by atoms with Gasteiger partial charge in [-0.05, 0) is 74.9 Å². The molecule has 3 fully saturated rings. The average Bonchev–Trinajstić information content (AvgIpc) is 3.56. The summed E-state index contributed by atoms with van der Waals surface area (Å²) in [6.07, 6.45) is -9.53. The summed E-state index contributed by atoms with van der Waals surface area (Å²) in [5.74, 6) is 0. The van der Waals surface area contributed by atoms with Gasteiger partial charge in [0, 0.05) is 0 Å². The molecule has 14 nitrogen and oxygen atoms in total. The number of carbonyl (C=O) groups excluding carboxylic acids is 2. The van der Waals surface area contributed by atoms with Crippen molar-refractivity contribution >= 4 is 12.2 Å². The lowest BCUT2D eigenvalue weighted by molar-refractivity contribution is -0.308. The number of amides is 2. The Hall–Kier alpha value is -6.46. The van der Waals surface area contributed by atoms with Crippen LogP contribution in [0, 0.1) is 0 Å². The van der Waals surface area contributed by atoms with Gasteiger partial charge in [0.1, 0.15) is 47.8 Å². The molecule has 10 atom stereocenters. The topological polar surface area (TPSA) is 133 Å². The fraction of sp³-hybridized carbons (Fsp3) is 0.406. The van der Waals surface area contributed by atoms with Crippen LogP contribution in [0.3, 0.4) is 0 Å². The molecule has 0 radical (unpaired) electrons. The fourth-order valence-electron chi connectivity index (χ4n) is 10.1. The monoisotopic (exact) mass is 1060 g/mol. The second-order valence-electron chi connectivity index (χ2n) is 21.9. The molecule has 412 valence electrons. The highest BCUT2D eigenvalue weighted by Gasteiger charge is 2.60. The van der Waals surface area contributed by atoms with E-state index in [1.807, 2.05) is 224 Å². The molecule has 0 N–H and O–H groups in total. The Labute approximate surface area is 459 Å². The molecule has 3 saturated heterocycles. The zero-order valence-electron chi connectivity index (χ0n) is 45.5. The van der Waals surface area contributed by atoms with Crippen molar-refractivity contribution in [1.29, 1.82) is 0 Å². The molecule has 2 amide bonds. The number of ether oxygens (including phenoxy) is 10. The van der Waals surface area contributed by atoms with Crippen molar-refractivity contribution < 1.29 is 57.0 Å². The summed E-state index contributed by atoms with van der Waals surface area (Å²) >= 11 is 0. The zero-order valence-corrected chi connectivity index (χ0v) is 45.5. The molecule has 0 aliphatic carbocycles. The second kappa shape index (κ2) is 26.5. The third kappa shape index (κ3) is 15.0. The van der Waals surface area contributed by atoms with Crippen LogP contribution in [0.5, 0.6) is 0 Å². The number of hydrogen-bond donors (Lipinski definition) is 0. The van der Waals surface area contributed by atoms with Gasteiger partial charge in [-0.3, -0.25) is 9.80 Å². The normalized spacial score (nSPS) is 24.5. The quantitative estimate of drug-likeness (QED) is 0.0811. The maximum Gasteiger partial charge on any atom is 0.412 e. The zero-order chi connectivity index (χ0) is 54.5. The van der Waals surface area contributed by atoms with E-state index in [0.29, 0.717) is 0 Å². The maximum absolute atomic E-state index is 15.4. The summed E-state index contributed by atoms with van der Waals surface area (Å²) in [4.78, 5) is 33.9. The van der Waals surface area contributed by atoms with Crippen molar-refractivity contribution in [3.8, 4) is 0 Å². The number of benzene rings is 6. The van der Waals surface area contributed by atoms with Crippen LogP contribution >= 0.6 is 0 Å². The van der Waals surface area contributed by atoms with E-state index in [9.17, 15) is 0 Å². The largest absolute Gasteiger partial charge is 0.444 e. The number of carbonyl (C=O) groups is 2. The van der Waals surface area contributed by atoms with Crippen molar-refractivity contribution in [3.63, 3.8) is 0 Å². The molecule has 0 aromatic heterocycles. The molecular weight excluding hydrogens is 989 g/mol. The Balaban J connectivity index is 1.22. The Morgan fingerprint density at radius 1 is 0.359 bits per heavy atom. The van der Waals surface area contributed by atoms with E-state index in [-0.39, 0.29) is 52.9 Å². The summed E-state index contributed by atoms with van der Waals surface area (Å²) < 4.78 is 70.0. The van der Waals surface area contributed by atoms with Crippen LogP contribution in [0.4, 0.5) is 9.59 Å². The van der Waals surface area contributed by atoms with Crippen LogP contribution < -0.4 is 0 Å². The number of rotatable bonds is 18. The first-order valence-electron chi connectivity index (χ1n) is 27.0. The van der Waals surface area contributed by atoms with Crippen LogP contribution in [0.1, 0.15) is 74.9 Å². The molecule has 0 spiro atoms. The Morgan fingerprint density at radius 2 is 0.577 bits per heavy atom. The number of nitrogens with zero attached hydrogens (tertiary/aromatic N) is 2. The summed E-state index contributed by atoms with van der Waals surface area (Å²) in [5.41, 5.74) is 3.52. The van der Waals surface area contributed by atoms with Gasteiger partial charge in [-0.15, -0.1) is 0 Å². The molecule has 78 heavy (non-hydrogen) atoms. The predicted molar refractivity (Wildman–Crippen MR) is 293 cm³/mol. The fourth-order valence-corrected chi connectivity index (χ4v) is 10.1. The van der Waals surface area contributed by atoms with Gasteiger partial charge in [-0.2, -0.15) is 0 Å². The highest BCUT2D eigenvalue weighted by molar-refractivity contribution is 5.70. The molecule has 4 bridgehead atoms. The minimum absolute atomic E-state index is 0.124. The summed E-state index contributed by atoms with van der Waals surface area (Å²) in [6.45, 7) is 11.3. The molecule has 3 aliphatic heterocycles. The van der Waals surface area contributed by atoms with Gasteiger partial charge in [0.2, 0.25) is 0 Å². The lowest BCUT2D eigenvalue weighted by atomic mass is 9.89. The van der Waals surface area contributed by atoms with E-state index in [1.165, 1.54) is 0 Å². The van der Waals surface area contributed by atoms with E-state index >= 15 is 9.59 Å². The Bertz CT molecular complexity index is 2440. The minimum Gasteiger partial charge on any atom is -0.444 e. The van der Waals surface area contributed by atoms with E-state index < -0.39 is 84.6 Å². The van der Waals surface area contributed by atoms with Gasteiger partial charge in [0.05, 0.1) is 64.9 Å². The van der Waals surface area contributed by atoms with Crippen LogP contribution in [-0.4, -0.2) is 108 Å². The molecule has 0 saturated carbocycles. The third-order valence-electron chi connectivity index (χ3n) is 13.7. The van der Waals surface area contributed by atoms with Crippen LogP contribution in [0.25, 0.3) is 0 Å². The highest BCUT2D eigenvalue weighted by atomic mass is 16.6. The molecule has 3 heterocycles. The van der Waals surface area contributed by atoms with Crippen LogP contribution in [0.15, 0.2) is 182 Å². The molecule has 3 aliphatic rings. The van der Waals surface area contributed by atoms with Crippen molar-refractivity contribution in [2.24, 2.45) is 0 Å². The first-order valence-corrected chi connectivity index (χ1v) is 27.0. The smallest absolute Gasteiger partial charge is 0.412 e. The highest BCUT2D eigenvalue weighted by Crippen LogP contribution is 2.40. The minimum atomic E-state index is -1.22. The first-order chi connectivity index (χ1) is 37.8. The van der Waals surface area contributed by atoms with Crippen molar-refractivity contribution in [1.82, 2.24) is 9.80 Å². The van der Waals surface area contributed by atoms with Gasteiger partial charge >= 0.3 is 12.2 Å². The van der Waals surface area contributed by atoms with Gasteiger partial charge in [-0.25, -0.2) is 9.59 Å². The van der Waals surface area contributed by atoms with Gasteiger partial charge in [0.15, 0.2) is 12.5 Å². The molecule has 14 heteroatoms. The average molecular weight is 1060 g/mol. The Morgan fingerprint density at radius 3 is 0.808 bits per heavy atom. The van der Waals surface area contributed by atoms with Gasteiger partial charge in [0.25, 0.3) is 0 Å². The molecule has 9 rings (SSSR count). The number of piperidine rings is 2.